The Bertz CT molecular complexity index is 621. The molecule has 5 heteroatoms. The fourth-order valence-corrected chi connectivity index (χ4v) is 2.89. The first kappa shape index (κ1) is 13.8. The largest absolute Gasteiger partial charge is 0.336 e. The molecule has 0 saturated heterocycles. The molecule has 1 aromatic carbocycles. The van der Waals surface area contributed by atoms with E-state index in [2.05, 4.69) is 33.8 Å². The Morgan fingerprint density at radius 3 is 2.71 bits per heavy atom. The zero-order valence-electron chi connectivity index (χ0n) is 12.5. The van der Waals surface area contributed by atoms with E-state index < -0.39 is 0 Å². The van der Waals surface area contributed by atoms with Crippen molar-refractivity contribution in [2.45, 2.75) is 38.8 Å². The van der Waals surface area contributed by atoms with Crippen LogP contribution in [-0.4, -0.2) is 32.6 Å². The van der Waals surface area contributed by atoms with Crippen LogP contribution in [0, 0.1) is 0 Å². The van der Waals surface area contributed by atoms with Crippen molar-refractivity contribution in [3.63, 3.8) is 0 Å². The number of nitrogens with zero attached hydrogens (tertiary/aromatic N) is 4. The van der Waals surface area contributed by atoms with Gasteiger partial charge in [-0.05, 0) is 12.0 Å². The second-order valence-electron chi connectivity index (χ2n) is 5.55. The summed E-state index contributed by atoms with van der Waals surface area (Å²) in [6.45, 7) is 2.66. The maximum atomic E-state index is 12.6. The number of hydrogen-bond donors (Lipinski definition) is 0. The van der Waals surface area contributed by atoms with Crippen molar-refractivity contribution in [1.82, 2.24) is 19.7 Å². The Kier molecular flexibility index (Phi) is 3.73. The van der Waals surface area contributed by atoms with E-state index in [4.69, 9.17) is 0 Å². The number of aryl methyl sites for hydroxylation is 1. The molecule has 110 valence electrons. The standard InChI is InChI=1S/C16H20N4O/c1-3-7-14-17-18-15-11-19(2)16(21)13(20(14)15)10-12-8-5-4-6-9-12/h4-6,8-9,13H,3,7,10-11H2,1-2H3/t13-/m0/s1. The molecule has 0 fully saturated rings. The molecule has 1 aliphatic heterocycles. The average Bonchev–Trinajstić information content (AvgIpc) is 2.88. The lowest BCUT2D eigenvalue weighted by atomic mass is 10.0. The van der Waals surface area contributed by atoms with E-state index in [-0.39, 0.29) is 11.9 Å². The van der Waals surface area contributed by atoms with E-state index in [1.54, 1.807) is 4.90 Å². The maximum absolute atomic E-state index is 12.6. The number of benzene rings is 1. The van der Waals surface area contributed by atoms with Gasteiger partial charge >= 0.3 is 0 Å². The summed E-state index contributed by atoms with van der Waals surface area (Å²) in [7, 11) is 1.83. The van der Waals surface area contributed by atoms with Crippen molar-refractivity contribution in [1.29, 1.82) is 0 Å². The van der Waals surface area contributed by atoms with Crippen LogP contribution in [-0.2, 0) is 24.2 Å². The highest BCUT2D eigenvalue weighted by Gasteiger charge is 2.34. The van der Waals surface area contributed by atoms with Crippen LogP contribution in [0.5, 0.6) is 0 Å². The van der Waals surface area contributed by atoms with Gasteiger partial charge in [0, 0.05) is 19.9 Å². The van der Waals surface area contributed by atoms with Crippen LogP contribution in [0.15, 0.2) is 30.3 Å². The highest BCUT2D eigenvalue weighted by atomic mass is 16.2. The highest BCUT2D eigenvalue weighted by Crippen LogP contribution is 2.26. The third-order valence-electron chi connectivity index (χ3n) is 3.93. The van der Waals surface area contributed by atoms with Gasteiger partial charge in [0.2, 0.25) is 5.91 Å². The van der Waals surface area contributed by atoms with Crippen molar-refractivity contribution < 1.29 is 4.79 Å². The van der Waals surface area contributed by atoms with E-state index in [0.717, 1.165) is 30.1 Å². The minimum atomic E-state index is -0.224. The van der Waals surface area contributed by atoms with Crippen molar-refractivity contribution in [3.8, 4) is 0 Å². The molecule has 1 atom stereocenters. The molecule has 0 unspecified atom stereocenters. The lowest BCUT2D eigenvalue weighted by Crippen LogP contribution is -2.41. The van der Waals surface area contributed by atoms with Crippen molar-refractivity contribution in [2.24, 2.45) is 0 Å². The molecule has 1 aliphatic rings. The fourth-order valence-electron chi connectivity index (χ4n) is 2.89. The minimum Gasteiger partial charge on any atom is -0.336 e. The second-order valence-corrected chi connectivity index (χ2v) is 5.55. The van der Waals surface area contributed by atoms with Crippen molar-refractivity contribution in [2.75, 3.05) is 7.05 Å². The molecule has 2 heterocycles. The Labute approximate surface area is 124 Å². The molecule has 2 aromatic rings. The van der Waals surface area contributed by atoms with Gasteiger partial charge in [0.1, 0.15) is 11.9 Å². The topological polar surface area (TPSA) is 51.0 Å². The summed E-state index contributed by atoms with van der Waals surface area (Å²) >= 11 is 0. The number of rotatable bonds is 4. The molecule has 1 amide bonds. The van der Waals surface area contributed by atoms with Gasteiger partial charge in [-0.2, -0.15) is 0 Å². The summed E-state index contributed by atoms with van der Waals surface area (Å²) in [5, 5.41) is 8.55. The summed E-state index contributed by atoms with van der Waals surface area (Å²) in [6, 6.07) is 9.90. The van der Waals surface area contributed by atoms with Gasteiger partial charge in [0.25, 0.3) is 0 Å². The molecule has 0 radical (unpaired) electrons. The smallest absolute Gasteiger partial charge is 0.246 e. The van der Waals surface area contributed by atoms with Gasteiger partial charge in [-0.15, -0.1) is 10.2 Å². The van der Waals surface area contributed by atoms with Gasteiger partial charge in [0.05, 0.1) is 6.54 Å². The number of amides is 1. The van der Waals surface area contributed by atoms with E-state index in [1.165, 1.54) is 0 Å². The third kappa shape index (κ3) is 2.55. The van der Waals surface area contributed by atoms with Gasteiger partial charge in [-0.25, -0.2) is 0 Å². The van der Waals surface area contributed by atoms with Gasteiger partial charge in [-0.1, -0.05) is 37.3 Å². The van der Waals surface area contributed by atoms with Crippen LogP contribution in [0.3, 0.4) is 0 Å². The zero-order chi connectivity index (χ0) is 14.8. The summed E-state index contributed by atoms with van der Waals surface area (Å²) in [5.74, 6) is 1.96. The summed E-state index contributed by atoms with van der Waals surface area (Å²) in [6.07, 6.45) is 2.54. The number of carbonyl (C=O) groups is 1. The molecular weight excluding hydrogens is 264 g/mol. The van der Waals surface area contributed by atoms with E-state index >= 15 is 0 Å². The van der Waals surface area contributed by atoms with Gasteiger partial charge in [-0.3, -0.25) is 4.79 Å². The highest BCUT2D eigenvalue weighted by molar-refractivity contribution is 5.81. The monoisotopic (exact) mass is 284 g/mol. The van der Waals surface area contributed by atoms with Gasteiger partial charge < -0.3 is 9.47 Å². The van der Waals surface area contributed by atoms with Crippen LogP contribution in [0.25, 0.3) is 0 Å². The SMILES string of the molecule is CCCc1nnc2n1[C@@H](Cc1ccccc1)C(=O)N(C)C2. The maximum Gasteiger partial charge on any atom is 0.246 e. The summed E-state index contributed by atoms with van der Waals surface area (Å²) in [4.78, 5) is 14.3. The molecule has 21 heavy (non-hydrogen) atoms. The van der Waals surface area contributed by atoms with Crippen LogP contribution >= 0.6 is 0 Å². The van der Waals surface area contributed by atoms with E-state index in [9.17, 15) is 4.79 Å². The summed E-state index contributed by atoms with van der Waals surface area (Å²) in [5.41, 5.74) is 1.16. The Hall–Kier alpha value is -2.17. The molecule has 0 aliphatic carbocycles. The molecule has 0 N–H and O–H groups in total. The third-order valence-corrected chi connectivity index (χ3v) is 3.93. The van der Waals surface area contributed by atoms with Crippen LogP contribution in [0.2, 0.25) is 0 Å². The van der Waals surface area contributed by atoms with Crippen LogP contribution in [0.1, 0.15) is 36.6 Å². The normalized spacial score (nSPS) is 17.9. The van der Waals surface area contributed by atoms with Gasteiger partial charge in [0.15, 0.2) is 5.82 Å². The number of hydrogen-bond acceptors (Lipinski definition) is 3. The predicted octanol–water partition coefficient (Wildman–Crippen LogP) is 1.99. The first-order valence-corrected chi connectivity index (χ1v) is 7.42. The Morgan fingerprint density at radius 2 is 2.00 bits per heavy atom. The van der Waals surface area contributed by atoms with E-state index in [0.29, 0.717) is 13.0 Å². The lowest BCUT2D eigenvalue weighted by Gasteiger charge is -2.31. The van der Waals surface area contributed by atoms with E-state index in [1.807, 2.05) is 25.2 Å². The quantitative estimate of drug-likeness (QED) is 0.862. The molecular formula is C16H20N4O. The average molecular weight is 284 g/mol. The first-order valence-electron chi connectivity index (χ1n) is 7.42. The lowest BCUT2D eigenvalue weighted by molar-refractivity contribution is -0.136. The fraction of sp³-hybridized carbons (Fsp3) is 0.438. The molecule has 0 spiro atoms. The molecule has 0 saturated carbocycles. The van der Waals surface area contributed by atoms with Crippen molar-refractivity contribution >= 4 is 5.91 Å². The number of likely N-dealkylation sites (N-methyl/N-ethyl adjacent to an activating group) is 1. The second kappa shape index (κ2) is 5.68. The number of aromatic nitrogens is 3. The Morgan fingerprint density at radius 1 is 1.24 bits per heavy atom. The number of carbonyl (C=O) groups excluding carboxylic acids is 1. The number of fused-ring (bicyclic) bond motifs is 1. The Balaban J connectivity index is 1.98. The zero-order valence-corrected chi connectivity index (χ0v) is 12.5. The first-order chi connectivity index (χ1) is 10.2. The molecule has 1 aromatic heterocycles. The van der Waals surface area contributed by atoms with Crippen LogP contribution in [0.4, 0.5) is 0 Å². The minimum absolute atomic E-state index is 0.142. The molecule has 5 nitrogen and oxygen atoms in total. The van der Waals surface area contributed by atoms with Crippen LogP contribution < -0.4 is 0 Å². The molecule has 3 rings (SSSR count). The summed E-state index contributed by atoms with van der Waals surface area (Å²) < 4.78 is 2.05. The van der Waals surface area contributed by atoms with Crippen molar-refractivity contribution in [3.05, 3.63) is 47.5 Å². The molecule has 0 bridgehead atoms. The predicted molar refractivity (Wildman–Crippen MR) is 79.7 cm³/mol.